The van der Waals surface area contributed by atoms with Crippen molar-refractivity contribution in [3.05, 3.63) is 59.9 Å². The van der Waals surface area contributed by atoms with E-state index in [1.807, 2.05) is 24.3 Å². The molecule has 1 atom stereocenters. The summed E-state index contributed by atoms with van der Waals surface area (Å²) < 4.78 is 24.0. The van der Waals surface area contributed by atoms with Gasteiger partial charge < -0.3 is 19.7 Å². The molecule has 1 aliphatic rings. The van der Waals surface area contributed by atoms with Crippen LogP contribution in [0.5, 0.6) is 5.75 Å². The molecule has 2 aromatic rings. The normalized spacial score (nSPS) is 15.9. The van der Waals surface area contributed by atoms with E-state index in [1.165, 1.54) is 12.1 Å². The zero-order valence-electron chi connectivity index (χ0n) is 14.8. The van der Waals surface area contributed by atoms with E-state index in [0.29, 0.717) is 32.7 Å². The van der Waals surface area contributed by atoms with Gasteiger partial charge in [0.15, 0.2) is 0 Å². The van der Waals surface area contributed by atoms with Crippen molar-refractivity contribution < 1.29 is 18.7 Å². The SMILES string of the molecule is COCCNC(=O)CC1COc2ccccc2N1Cc1ccc(F)cc1. The highest BCUT2D eigenvalue weighted by Crippen LogP contribution is 2.35. The number of amides is 1. The Morgan fingerprint density at radius 3 is 2.81 bits per heavy atom. The van der Waals surface area contributed by atoms with Crippen molar-refractivity contribution in [3.8, 4) is 5.75 Å². The van der Waals surface area contributed by atoms with Gasteiger partial charge in [0, 0.05) is 20.2 Å². The summed E-state index contributed by atoms with van der Waals surface area (Å²) in [7, 11) is 1.60. The van der Waals surface area contributed by atoms with Gasteiger partial charge in [-0.25, -0.2) is 4.39 Å². The molecule has 0 saturated carbocycles. The molecule has 138 valence electrons. The molecular weight excluding hydrogens is 335 g/mol. The molecule has 0 aromatic heterocycles. The molecule has 1 N–H and O–H groups in total. The van der Waals surface area contributed by atoms with E-state index in [2.05, 4.69) is 10.2 Å². The van der Waals surface area contributed by atoms with Crippen molar-refractivity contribution in [2.24, 2.45) is 0 Å². The summed E-state index contributed by atoms with van der Waals surface area (Å²) in [5.74, 6) is 0.495. The number of benzene rings is 2. The van der Waals surface area contributed by atoms with Crippen molar-refractivity contribution in [1.82, 2.24) is 5.32 Å². The minimum absolute atomic E-state index is 0.0425. The number of nitrogens with one attached hydrogen (secondary N) is 1. The largest absolute Gasteiger partial charge is 0.489 e. The summed E-state index contributed by atoms with van der Waals surface area (Å²) >= 11 is 0. The molecule has 3 rings (SSSR count). The fraction of sp³-hybridized carbons (Fsp3) is 0.350. The van der Waals surface area contributed by atoms with E-state index in [0.717, 1.165) is 17.0 Å². The second kappa shape index (κ2) is 8.67. The molecule has 0 bridgehead atoms. The molecule has 0 aliphatic carbocycles. The Balaban J connectivity index is 1.76. The summed E-state index contributed by atoms with van der Waals surface area (Å²) in [5.41, 5.74) is 1.92. The number of carbonyl (C=O) groups excluding carboxylic acids is 1. The highest BCUT2D eigenvalue weighted by Gasteiger charge is 2.29. The molecule has 6 heteroatoms. The lowest BCUT2D eigenvalue weighted by atomic mass is 10.1. The van der Waals surface area contributed by atoms with Crippen molar-refractivity contribution in [2.45, 2.75) is 19.0 Å². The van der Waals surface area contributed by atoms with Crippen LogP contribution in [0.2, 0.25) is 0 Å². The third kappa shape index (κ3) is 4.52. The predicted octanol–water partition coefficient (Wildman–Crippen LogP) is 2.75. The van der Waals surface area contributed by atoms with E-state index in [9.17, 15) is 9.18 Å². The molecule has 0 saturated heterocycles. The summed E-state index contributed by atoms with van der Waals surface area (Å²) in [6, 6.07) is 14.1. The smallest absolute Gasteiger partial charge is 0.222 e. The fourth-order valence-corrected chi connectivity index (χ4v) is 3.04. The summed E-state index contributed by atoms with van der Waals surface area (Å²) in [4.78, 5) is 14.4. The molecule has 1 aliphatic heterocycles. The molecule has 0 fully saturated rings. The summed E-state index contributed by atoms with van der Waals surface area (Å²) in [6.45, 7) is 1.97. The number of halogens is 1. The van der Waals surface area contributed by atoms with E-state index in [4.69, 9.17) is 9.47 Å². The minimum Gasteiger partial charge on any atom is -0.489 e. The number of hydrogen-bond acceptors (Lipinski definition) is 4. The highest BCUT2D eigenvalue weighted by molar-refractivity contribution is 5.77. The Kier molecular flexibility index (Phi) is 6.07. The van der Waals surface area contributed by atoms with Gasteiger partial charge in [-0.15, -0.1) is 0 Å². The quantitative estimate of drug-likeness (QED) is 0.774. The number of fused-ring (bicyclic) bond motifs is 1. The fourth-order valence-electron chi connectivity index (χ4n) is 3.04. The van der Waals surface area contributed by atoms with Gasteiger partial charge in [-0.3, -0.25) is 4.79 Å². The van der Waals surface area contributed by atoms with Gasteiger partial charge in [0.1, 0.15) is 18.2 Å². The number of ether oxygens (including phenoxy) is 2. The van der Waals surface area contributed by atoms with Crippen LogP contribution in [0.3, 0.4) is 0 Å². The van der Waals surface area contributed by atoms with E-state index < -0.39 is 0 Å². The first-order valence-electron chi connectivity index (χ1n) is 8.66. The first-order valence-corrected chi connectivity index (χ1v) is 8.66. The first-order chi connectivity index (χ1) is 12.7. The van der Waals surface area contributed by atoms with Crippen LogP contribution in [0, 0.1) is 5.82 Å². The van der Waals surface area contributed by atoms with Crippen LogP contribution in [0.1, 0.15) is 12.0 Å². The standard InChI is InChI=1S/C20H23FN2O3/c1-25-11-10-22-20(24)12-17-14-26-19-5-3-2-4-18(19)23(17)13-15-6-8-16(21)9-7-15/h2-9,17H,10-14H2,1H3,(H,22,24). The first kappa shape index (κ1) is 18.2. The van der Waals surface area contributed by atoms with E-state index in [-0.39, 0.29) is 17.8 Å². The second-order valence-corrected chi connectivity index (χ2v) is 6.23. The molecule has 5 nitrogen and oxygen atoms in total. The van der Waals surface area contributed by atoms with Crippen molar-refractivity contribution in [1.29, 1.82) is 0 Å². The lowest BCUT2D eigenvalue weighted by Gasteiger charge is -2.38. The third-order valence-electron chi connectivity index (χ3n) is 4.36. The van der Waals surface area contributed by atoms with Crippen LogP contribution in [0.15, 0.2) is 48.5 Å². The van der Waals surface area contributed by atoms with Crippen LogP contribution < -0.4 is 15.0 Å². The van der Waals surface area contributed by atoms with Gasteiger partial charge in [-0.05, 0) is 29.8 Å². The maximum atomic E-state index is 13.2. The van der Waals surface area contributed by atoms with Crippen LogP contribution in [0.4, 0.5) is 10.1 Å². The molecule has 1 amide bonds. The molecule has 1 unspecified atom stereocenters. The molecular formula is C20H23FN2O3. The Morgan fingerprint density at radius 2 is 2.04 bits per heavy atom. The Morgan fingerprint density at radius 1 is 1.27 bits per heavy atom. The maximum absolute atomic E-state index is 13.2. The Hall–Kier alpha value is -2.60. The van der Waals surface area contributed by atoms with Crippen LogP contribution in [-0.2, 0) is 16.1 Å². The van der Waals surface area contributed by atoms with Gasteiger partial charge in [0.05, 0.1) is 24.8 Å². The van der Waals surface area contributed by atoms with Crippen LogP contribution in [-0.4, -0.2) is 38.8 Å². The molecule has 0 spiro atoms. The number of rotatable bonds is 7. The van der Waals surface area contributed by atoms with E-state index in [1.54, 1.807) is 19.2 Å². The molecule has 26 heavy (non-hydrogen) atoms. The lowest BCUT2D eigenvalue weighted by molar-refractivity contribution is -0.121. The average molecular weight is 358 g/mol. The Bertz CT molecular complexity index is 736. The summed E-state index contributed by atoms with van der Waals surface area (Å²) in [6.07, 6.45) is 0.319. The molecule has 1 heterocycles. The average Bonchev–Trinajstić information content (AvgIpc) is 2.65. The van der Waals surface area contributed by atoms with Crippen molar-refractivity contribution in [3.63, 3.8) is 0 Å². The number of anilines is 1. The maximum Gasteiger partial charge on any atom is 0.222 e. The van der Waals surface area contributed by atoms with E-state index >= 15 is 0 Å². The second-order valence-electron chi connectivity index (χ2n) is 6.23. The number of carbonyl (C=O) groups is 1. The van der Waals surface area contributed by atoms with Gasteiger partial charge in [0.25, 0.3) is 0 Å². The Labute approximate surface area is 152 Å². The van der Waals surface area contributed by atoms with Crippen molar-refractivity contribution in [2.75, 3.05) is 31.8 Å². The minimum atomic E-state index is -0.259. The monoisotopic (exact) mass is 358 g/mol. The number of hydrogen-bond donors (Lipinski definition) is 1. The van der Waals surface area contributed by atoms with Gasteiger partial charge >= 0.3 is 0 Å². The van der Waals surface area contributed by atoms with Gasteiger partial charge in [0.2, 0.25) is 5.91 Å². The third-order valence-corrected chi connectivity index (χ3v) is 4.36. The van der Waals surface area contributed by atoms with Crippen LogP contribution in [0.25, 0.3) is 0 Å². The van der Waals surface area contributed by atoms with Gasteiger partial charge in [-0.2, -0.15) is 0 Å². The highest BCUT2D eigenvalue weighted by atomic mass is 19.1. The predicted molar refractivity (Wildman–Crippen MR) is 97.8 cm³/mol. The zero-order valence-corrected chi connectivity index (χ0v) is 14.8. The lowest BCUT2D eigenvalue weighted by Crippen LogP contribution is -2.45. The topological polar surface area (TPSA) is 50.8 Å². The number of nitrogens with zero attached hydrogens (tertiary/aromatic N) is 1. The zero-order chi connectivity index (χ0) is 18.4. The van der Waals surface area contributed by atoms with Crippen LogP contribution >= 0.6 is 0 Å². The van der Waals surface area contributed by atoms with Gasteiger partial charge in [-0.1, -0.05) is 24.3 Å². The molecule has 2 aromatic carbocycles. The number of para-hydroxylation sites is 2. The number of methoxy groups -OCH3 is 1. The van der Waals surface area contributed by atoms with Crippen molar-refractivity contribution >= 4 is 11.6 Å². The molecule has 0 radical (unpaired) electrons. The summed E-state index contributed by atoms with van der Waals surface area (Å²) in [5, 5.41) is 2.85.